The molecule has 0 bridgehead atoms. The molecule has 1 amide bonds. The Hall–Kier alpha value is -1.88. The lowest BCUT2D eigenvalue weighted by molar-refractivity contribution is -0.124. The Bertz CT molecular complexity index is 426. The van der Waals surface area contributed by atoms with E-state index in [0.29, 0.717) is 23.6 Å². The third-order valence-electron chi connectivity index (χ3n) is 2.41. The molecule has 0 unspecified atom stereocenters. The quantitative estimate of drug-likeness (QED) is 0.755. The van der Waals surface area contributed by atoms with Crippen molar-refractivity contribution < 1.29 is 19.4 Å². The SMILES string of the molecule is CC(C)CNC(=O)COC(=O)c1ccc(CO)cc1. The molecule has 0 aliphatic rings. The molecule has 0 saturated heterocycles. The van der Waals surface area contributed by atoms with Crippen LogP contribution in [0.3, 0.4) is 0 Å². The Morgan fingerprint density at radius 3 is 2.42 bits per heavy atom. The van der Waals surface area contributed by atoms with E-state index in [1.807, 2.05) is 13.8 Å². The maximum Gasteiger partial charge on any atom is 0.338 e. The Morgan fingerprint density at radius 2 is 1.89 bits per heavy atom. The summed E-state index contributed by atoms with van der Waals surface area (Å²) in [6.45, 7) is 4.16. The normalized spacial score (nSPS) is 10.3. The maximum atomic E-state index is 11.6. The van der Waals surface area contributed by atoms with Crippen molar-refractivity contribution in [3.05, 3.63) is 35.4 Å². The fourth-order valence-corrected chi connectivity index (χ4v) is 1.33. The van der Waals surface area contributed by atoms with Gasteiger partial charge in [-0.1, -0.05) is 26.0 Å². The molecule has 0 aliphatic heterocycles. The number of benzene rings is 1. The first-order valence-corrected chi connectivity index (χ1v) is 6.16. The zero-order valence-electron chi connectivity index (χ0n) is 11.2. The molecule has 2 N–H and O–H groups in total. The monoisotopic (exact) mass is 265 g/mol. The molecule has 5 nitrogen and oxygen atoms in total. The van der Waals surface area contributed by atoms with E-state index < -0.39 is 5.97 Å². The van der Waals surface area contributed by atoms with E-state index in [9.17, 15) is 9.59 Å². The van der Waals surface area contributed by atoms with Crippen molar-refractivity contribution >= 4 is 11.9 Å². The lowest BCUT2D eigenvalue weighted by Crippen LogP contribution is -2.31. The predicted molar refractivity (Wildman–Crippen MR) is 70.5 cm³/mol. The van der Waals surface area contributed by atoms with Crippen LogP contribution < -0.4 is 5.32 Å². The minimum atomic E-state index is -0.552. The molecule has 0 radical (unpaired) electrons. The summed E-state index contributed by atoms with van der Waals surface area (Å²) in [4.78, 5) is 23.0. The van der Waals surface area contributed by atoms with E-state index in [1.165, 1.54) is 0 Å². The average Bonchev–Trinajstić information content (AvgIpc) is 2.42. The number of esters is 1. The molecule has 19 heavy (non-hydrogen) atoms. The van der Waals surface area contributed by atoms with Crippen LogP contribution in [0.2, 0.25) is 0 Å². The molecule has 0 spiro atoms. The number of carbonyl (C=O) groups is 2. The molecule has 0 atom stereocenters. The van der Waals surface area contributed by atoms with Gasteiger partial charge < -0.3 is 15.2 Å². The zero-order chi connectivity index (χ0) is 14.3. The number of carbonyl (C=O) groups excluding carboxylic acids is 2. The lowest BCUT2D eigenvalue weighted by atomic mass is 10.1. The molecule has 0 aliphatic carbocycles. The maximum absolute atomic E-state index is 11.6. The van der Waals surface area contributed by atoms with Gasteiger partial charge in [-0.25, -0.2) is 4.79 Å². The van der Waals surface area contributed by atoms with Gasteiger partial charge in [-0.3, -0.25) is 4.79 Å². The third-order valence-corrected chi connectivity index (χ3v) is 2.41. The number of nitrogens with one attached hydrogen (secondary N) is 1. The van der Waals surface area contributed by atoms with Crippen LogP contribution in [-0.4, -0.2) is 30.1 Å². The van der Waals surface area contributed by atoms with Crippen LogP contribution in [0.5, 0.6) is 0 Å². The number of ether oxygens (including phenoxy) is 1. The van der Waals surface area contributed by atoms with Crippen molar-refractivity contribution in [1.82, 2.24) is 5.32 Å². The Balaban J connectivity index is 2.40. The average molecular weight is 265 g/mol. The van der Waals surface area contributed by atoms with Crippen molar-refractivity contribution in [2.45, 2.75) is 20.5 Å². The second-order valence-corrected chi connectivity index (χ2v) is 4.63. The number of hydrogen-bond donors (Lipinski definition) is 2. The number of aliphatic hydroxyl groups excluding tert-OH is 1. The first kappa shape index (κ1) is 15.2. The lowest BCUT2D eigenvalue weighted by Gasteiger charge is -2.08. The van der Waals surface area contributed by atoms with Gasteiger partial charge >= 0.3 is 5.97 Å². The summed E-state index contributed by atoms with van der Waals surface area (Å²) in [7, 11) is 0. The topological polar surface area (TPSA) is 75.6 Å². The third kappa shape index (κ3) is 5.52. The molecule has 0 heterocycles. The minimum Gasteiger partial charge on any atom is -0.452 e. The minimum absolute atomic E-state index is 0.0765. The molecule has 0 aromatic heterocycles. The first-order chi connectivity index (χ1) is 9.02. The predicted octanol–water partition coefficient (Wildman–Crippen LogP) is 1.11. The summed E-state index contributed by atoms with van der Waals surface area (Å²) in [6.07, 6.45) is 0. The zero-order valence-corrected chi connectivity index (χ0v) is 11.2. The van der Waals surface area contributed by atoms with E-state index in [-0.39, 0.29) is 19.1 Å². The van der Waals surface area contributed by atoms with Crippen LogP contribution in [-0.2, 0) is 16.1 Å². The summed E-state index contributed by atoms with van der Waals surface area (Å²) >= 11 is 0. The summed E-state index contributed by atoms with van der Waals surface area (Å²) in [5.41, 5.74) is 1.07. The van der Waals surface area contributed by atoms with Crippen molar-refractivity contribution in [3.63, 3.8) is 0 Å². The molecular formula is C14H19NO4. The molecule has 104 valence electrons. The summed E-state index contributed by atoms with van der Waals surface area (Å²) < 4.78 is 4.88. The Kier molecular flexibility index (Phi) is 6.02. The Morgan fingerprint density at radius 1 is 1.26 bits per heavy atom. The standard InChI is InChI=1S/C14H19NO4/c1-10(2)7-15-13(17)9-19-14(18)12-5-3-11(8-16)4-6-12/h3-6,10,16H,7-9H2,1-2H3,(H,15,17). The van der Waals surface area contributed by atoms with Gasteiger partial charge in [0.2, 0.25) is 0 Å². The highest BCUT2D eigenvalue weighted by atomic mass is 16.5. The van der Waals surface area contributed by atoms with Crippen molar-refractivity contribution in [2.24, 2.45) is 5.92 Å². The van der Waals surface area contributed by atoms with Gasteiger partial charge in [0.05, 0.1) is 12.2 Å². The summed E-state index contributed by atoms with van der Waals surface area (Å²) in [5, 5.41) is 11.5. The van der Waals surface area contributed by atoms with Crippen LogP contribution in [0.4, 0.5) is 0 Å². The fourth-order valence-electron chi connectivity index (χ4n) is 1.33. The smallest absolute Gasteiger partial charge is 0.338 e. The largest absolute Gasteiger partial charge is 0.452 e. The first-order valence-electron chi connectivity index (χ1n) is 6.16. The second kappa shape index (κ2) is 7.53. The highest BCUT2D eigenvalue weighted by Crippen LogP contribution is 2.05. The number of rotatable bonds is 6. The molecule has 1 aromatic carbocycles. The highest BCUT2D eigenvalue weighted by molar-refractivity contribution is 5.91. The van der Waals surface area contributed by atoms with E-state index in [0.717, 1.165) is 0 Å². The van der Waals surface area contributed by atoms with Crippen molar-refractivity contribution in [2.75, 3.05) is 13.2 Å². The van der Waals surface area contributed by atoms with E-state index in [2.05, 4.69) is 5.32 Å². The summed E-state index contributed by atoms with van der Waals surface area (Å²) in [5.74, 6) is -0.510. The molecule has 1 aromatic rings. The molecule has 0 fully saturated rings. The van der Waals surface area contributed by atoms with Gasteiger partial charge in [-0.05, 0) is 23.6 Å². The van der Waals surface area contributed by atoms with Gasteiger partial charge in [-0.15, -0.1) is 0 Å². The molecule has 5 heteroatoms. The van der Waals surface area contributed by atoms with Crippen molar-refractivity contribution in [3.8, 4) is 0 Å². The fraction of sp³-hybridized carbons (Fsp3) is 0.429. The van der Waals surface area contributed by atoms with E-state index >= 15 is 0 Å². The summed E-state index contributed by atoms with van der Waals surface area (Å²) in [6, 6.07) is 6.38. The van der Waals surface area contributed by atoms with Gasteiger partial charge in [0.15, 0.2) is 6.61 Å². The van der Waals surface area contributed by atoms with E-state index in [1.54, 1.807) is 24.3 Å². The van der Waals surface area contributed by atoms with Gasteiger partial charge in [0.1, 0.15) is 0 Å². The molecule has 1 rings (SSSR count). The Labute approximate surface area is 112 Å². The number of amides is 1. The van der Waals surface area contributed by atoms with Crippen molar-refractivity contribution in [1.29, 1.82) is 0 Å². The molecular weight excluding hydrogens is 246 g/mol. The van der Waals surface area contributed by atoms with Gasteiger partial charge in [0, 0.05) is 6.54 Å². The number of aliphatic hydroxyl groups is 1. The van der Waals surface area contributed by atoms with Crippen LogP contribution >= 0.6 is 0 Å². The highest BCUT2D eigenvalue weighted by Gasteiger charge is 2.10. The second-order valence-electron chi connectivity index (χ2n) is 4.63. The van der Waals surface area contributed by atoms with Crippen LogP contribution in [0.15, 0.2) is 24.3 Å². The van der Waals surface area contributed by atoms with Gasteiger partial charge in [-0.2, -0.15) is 0 Å². The number of hydrogen-bond acceptors (Lipinski definition) is 4. The van der Waals surface area contributed by atoms with Crippen LogP contribution in [0, 0.1) is 5.92 Å². The van der Waals surface area contributed by atoms with Gasteiger partial charge in [0.25, 0.3) is 5.91 Å². The van der Waals surface area contributed by atoms with Crippen LogP contribution in [0.25, 0.3) is 0 Å². The van der Waals surface area contributed by atoms with E-state index in [4.69, 9.17) is 9.84 Å². The van der Waals surface area contributed by atoms with Crippen LogP contribution in [0.1, 0.15) is 29.8 Å². The molecule has 0 saturated carbocycles.